The molecular weight excluding hydrogens is 546 g/mol. The molecule has 1 saturated heterocycles. The van der Waals surface area contributed by atoms with Crippen LogP contribution in [0.1, 0.15) is 71.9 Å². The van der Waals surface area contributed by atoms with Crippen LogP contribution in [0.2, 0.25) is 0 Å². The van der Waals surface area contributed by atoms with Crippen molar-refractivity contribution in [1.82, 2.24) is 4.98 Å². The lowest BCUT2D eigenvalue weighted by molar-refractivity contribution is -0.158. The van der Waals surface area contributed by atoms with Gasteiger partial charge in [-0.05, 0) is 62.3 Å². The fourth-order valence-corrected chi connectivity index (χ4v) is 5.54. The zero-order chi connectivity index (χ0) is 31.5. The highest BCUT2D eigenvalue weighted by atomic mass is 16.6. The Balaban J connectivity index is 1.80. The predicted octanol–water partition coefficient (Wildman–Crippen LogP) is 6.62. The van der Waals surface area contributed by atoms with Crippen LogP contribution in [-0.4, -0.2) is 53.6 Å². The molecule has 1 unspecified atom stereocenters. The van der Waals surface area contributed by atoms with E-state index in [4.69, 9.17) is 18.6 Å². The number of oxazole rings is 1. The summed E-state index contributed by atoms with van der Waals surface area (Å²) < 4.78 is 22.7. The minimum Gasteiger partial charge on any atom is -0.462 e. The Labute approximate surface area is 255 Å². The number of aliphatic hydroxyl groups excluding tert-OH is 1. The Bertz CT molecular complexity index is 1280. The molecule has 0 aliphatic carbocycles. The summed E-state index contributed by atoms with van der Waals surface area (Å²) in [5.41, 5.74) is 3.46. The van der Waals surface area contributed by atoms with E-state index in [0.29, 0.717) is 18.7 Å². The van der Waals surface area contributed by atoms with Gasteiger partial charge < -0.3 is 23.7 Å². The Hall–Kier alpha value is -3.49. The lowest BCUT2D eigenvalue weighted by Crippen LogP contribution is -2.37. The van der Waals surface area contributed by atoms with E-state index in [1.807, 2.05) is 77.2 Å². The maximum Gasteiger partial charge on any atom is 0.330 e. The minimum absolute atomic E-state index is 0.0274. The van der Waals surface area contributed by atoms with E-state index in [2.05, 4.69) is 4.98 Å². The summed E-state index contributed by atoms with van der Waals surface area (Å²) in [6, 6.07) is 0. The van der Waals surface area contributed by atoms with Gasteiger partial charge in [0.1, 0.15) is 24.2 Å². The molecule has 1 aromatic heterocycles. The highest BCUT2D eigenvalue weighted by molar-refractivity contribution is 5.82. The number of nitrogens with zero attached hydrogens (tertiary/aromatic N) is 1. The number of allylic oxidation sites excluding steroid dienone is 7. The third kappa shape index (κ3) is 10.6. The van der Waals surface area contributed by atoms with Crippen molar-refractivity contribution < 1.29 is 33.3 Å². The first-order chi connectivity index (χ1) is 20.5. The Kier molecular flexibility index (Phi) is 13.0. The number of carbonyl (C=O) groups is 2. The molecule has 2 bridgehead atoms. The van der Waals surface area contributed by atoms with Gasteiger partial charge in [0, 0.05) is 44.8 Å². The lowest BCUT2D eigenvalue weighted by Gasteiger charge is -2.32. The average Bonchev–Trinajstić information content (AvgIpc) is 3.35. The van der Waals surface area contributed by atoms with Crippen LogP contribution in [0, 0.1) is 24.7 Å². The first-order valence-electron chi connectivity index (χ1n) is 15.0. The second kappa shape index (κ2) is 16.4. The van der Waals surface area contributed by atoms with Gasteiger partial charge in [-0.15, -0.1) is 0 Å². The molecule has 1 aromatic rings. The fraction of sp³-hybridized carbons (Fsp3) is 0.514. The minimum atomic E-state index is -0.830. The number of rotatable bonds is 7. The van der Waals surface area contributed by atoms with E-state index in [0.717, 1.165) is 28.8 Å². The van der Waals surface area contributed by atoms with E-state index in [1.54, 1.807) is 26.4 Å². The number of hydrogen-bond acceptors (Lipinski definition) is 8. The van der Waals surface area contributed by atoms with E-state index in [-0.39, 0.29) is 42.4 Å². The lowest BCUT2D eigenvalue weighted by atomic mass is 9.86. The van der Waals surface area contributed by atoms with Gasteiger partial charge in [-0.3, -0.25) is 4.79 Å². The van der Waals surface area contributed by atoms with Crippen LogP contribution in [0.25, 0.3) is 6.08 Å². The van der Waals surface area contributed by atoms with Crippen molar-refractivity contribution >= 4 is 18.0 Å². The summed E-state index contributed by atoms with van der Waals surface area (Å²) in [6.45, 7) is 11.6. The first kappa shape index (κ1) is 34.0. The van der Waals surface area contributed by atoms with Crippen molar-refractivity contribution in [3.63, 3.8) is 0 Å². The van der Waals surface area contributed by atoms with Crippen molar-refractivity contribution in [2.45, 2.75) is 91.6 Å². The normalized spacial score (nSPS) is 30.6. The zero-order valence-electron chi connectivity index (χ0n) is 26.5. The van der Waals surface area contributed by atoms with E-state index in [9.17, 15) is 14.7 Å². The van der Waals surface area contributed by atoms with Crippen LogP contribution in [0.5, 0.6) is 0 Å². The van der Waals surface area contributed by atoms with Crippen LogP contribution < -0.4 is 0 Å². The summed E-state index contributed by atoms with van der Waals surface area (Å²) in [6.07, 6.45) is 18.3. The molecule has 0 aromatic carbocycles. The van der Waals surface area contributed by atoms with E-state index in [1.165, 1.54) is 6.08 Å². The van der Waals surface area contributed by atoms with Gasteiger partial charge in [-0.25, -0.2) is 9.78 Å². The van der Waals surface area contributed by atoms with Crippen LogP contribution in [0.15, 0.2) is 76.0 Å². The molecular formula is C35H47NO7. The van der Waals surface area contributed by atoms with Crippen molar-refractivity contribution in [2.75, 3.05) is 7.11 Å². The van der Waals surface area contributed by atoms with Gasteiger partial charge in [0.05, 0.1) is 12.2 Å². The Morgan fingerprint density at radius 1 is 1.19 bits per heavy atom. The molecule has 8 heteroatoms. The number of hydrogen-bond donors (Lipinski definition) is 1. The van der Waals surface area contributed by atoms with Gasteiger partial charge in [0.15, 0.2) is 5.89 Å². The Morgan fingerprint density at radius 3 is 2.65 bits per heavy atom. The van der Waals surface area contributed by atoms with Crippen LogP contribution >= 0.6 is 0 Å². The smallest absolute Gasteiger partial charge is 0.330 e. The number of cyclic esters (lactones) is 1. The number of esters is 2. The summed E-state index contributed by atoms with van der Waals surface area (Å²) in [7, 11) is 1.63. The monoisotopic (exact) mass is 593 g/mol. The molecule has 2 aliphatic rings. The van der Waals surface area contributed by atoms with Gasteiger partial charge in [-0.1, -0.05) is 56.4 Å². The first-order valence-corrected chi connectivity index (χ1v) is 15.0. The number of methoxy groups -OCH3 is 1. The highest BCUT2D eigenvalue weighted by Crippen LogP contribution is 2.30. The molecule has 3 rings (SSSR count). The summed E-state index contributed by atoms with van der Waals surface area (Å²) in [5, 5.41) is 11.1. The largest absolute Gasteiger partial charge is 0.462 e. The van der Waals surface area contributed by atoms with Crippen LogP contribution in [-0.2, 0) is 23.8 Å². The molecule has 1 fully saturated rings. The van der Waals surface area contributed by atoms with Crippen molar-refractivity contribution in [2.24, 2.45) is 17.8 Å². The molecule has 7 atom stereocenters. The van der Waals surface area contributed by atoms with Gasteiger partial charge in [0.2, 0.25) is 0 Å². The SMILES string of the molecule is CO[C@@H](/C(C)=C/C=C/C(C)=C/c1coc(C)n1)[C@@H](C)C1C[C@H](O)/C(C)=C/C=C/[C@@H](C)[C@H]2C[C@@H](C/C=C/C(=O)O1)CC(=O)O2. The van der Waals surface area contributed by atoms with E-state index < -0.39 is 18.2 Å². The van der Waals surface area contributed by atoms with Gasteiger partial charge >= 0.3 is 11.9 Å². The Morgan fingerprint density at radius 2 is 1.95 bits per heavy atom. The molecule has 0 amide bonds. The summed E-state index contributed by atoms with van der Waals surface area (Å²) >= 11 is 0. The second-order valence-electron chi connectivity index (χ2n) is 11.8. The predicted molar refractivity (Wildman–Crippen MR) is 167 cm³/mol. The molecule has 0 spiro atoms. The number of aliphatic hydroxyl groups is 1. The standard InChI is InChI=1S/C35H47NO7/c1-22(17-29-21-41-27(6)36-29)11-8-14-25(4)35(40-7)26(5)32-20-30(37)23(2)12-9-13-24(3)31-18-28(19-34(39)42-31)15-10-16-33(38)43-32/h8-14,16-17,21,24,26,28,30-32,35,37H,15,18-20H2,1-7H3/b11-8+,13-9+,16-10+,22-17+,23-12+,25-14+/t24-,26+,28-,30+,31-,32?,35+/m1/s1. The second-order valence-corrected chi connectivity index (χ2v) is 11.8. The number of carbonyl (C=O) groups excluding carboxylic acids is 2. The number of fused-ring (bicyclic) bond motifs is 2. The topological polar surface area (TPSA) is 108 Å². The maximum absolute atomic E-state index is 13.0. The molecule has 0 radical (unpaired) electrons. The van der Waals surface area contributed by atoms with Gasteiger partial charge in [-0.2, -0.15) is 0 Å². The van der Waals surface area contributed by atoms with Crippen molar-refractivity contribution in [3.8, 4) is 0 Å². The summed E-state index contributed by atoms with van der Waals surface area (Å²) in [4.78, 5) is 29.5. The molecule has 0 saturated carbocycles. The molecule has 1 N–H and O–H groups in total. The third-order valence-electron chi connectivity index (χ3n) is 8.13. The highest BCUT2D eigenvalue weighted by Gasteiger charge is 2.33. The molecule has 2 aliphatic heterocycles. The van der Waals surface area contributed by atoms with Crippen LogP contribution in [0.3, 0.4) is 0 Å². The van der Waals surface area contributed by atoms with Crippen LogP contribution in [0.4, 0.5) is 0 Å². The molecule has 43 heavy (non-hydrogen) atoms. The number of aryl methyl sites for hydroxylation is 1. The maximum atomic E-state index is 13.0. The van der Waals surface area contributed by atoms with E-state index >= 15 is 0 Å². The fourth-order valence-electron chi connectivity index (χ4n) is 5.54. The molecule has 3 heterocycles. The van der Waals surface area contributed by atoms with Crippen molar-refractivity contribution in [1.29, 1.82) is 0 Å². The average molecular weight is 594 g/mol. The number of aromatic nitrogens is 1. The third-order valence-corrected chi connectivity index (χ3v) is 8.13. The molecule has 8 nitrogen and oxygen atoms in total. The summed E-state index contributed by atoms with van der Waals surface area (Å²) in [5.74, 6) is -0.209. The quantitative estimate of drug-likeness (QED) is 0.278. The zero-order valence-corrected chi connectivity index (χ0v) is 26.5. The molecule has 234 valence electrons. The number of ether oxygens (including phenoxy) is 3. The van der Waals surface area contributed by atoms with Crippen molar-refractivity contribution in [3.05, 3.63) is 83.2 Å². The van der Waals surface area contributed by atoms with Gasteiger partial charge in [0.25, 0.3) is 0 Å².